The first-order valence-corrected chi connectivity index (χ1v) is 12.4. The maximum Gasteiger partial charge on any atom is 0.335 e. The molecule has 0 amide bonds. The molecule has 1 aliphatic carbocycles. The molecule has 10 heteroatoms. The van der Waals surface area contributed by atoms with Crippen LogP contribution in [-0.4, -0.2) is 80.7 Å². The molecule has 2 saturated heterocycles. The number of aromatic carboxylic acids is 1. The van der Waals surface area contributed by atoms with E-state index in [0.717, 1.165) is 50.3 Å². The van der Waals surface area contributed by atoms with Crippen LogP contribution in [0.25, 0.3) is 11.0 Å². The van der Waals surface area contributed by atoms with Crippen molar-refractivity contribution in [2.75, 3.05) is 31.7 Å². The smallest absolute Gasteiger partial charge is 0.335 e. The molecule has 0 bridgehead atoms. The third kappa shape index (κ3) is 3.72. The highest BCUT2D eigenvalue weighted by Crippen LogP contribution is 2.43. The van der Waals surface area contributed by atoms with E-state index in [4.69, 9.17) is 14.5 Å². The molecule has 0 spiro atoms. The summed E-state index contributed by atoms with van der Waals surface area (Å²) in [6.07, 6.45) is 3.10. The minimum atomic E-state index is -1.01. The second-order valence-electron chi connectivity index (χ2n) is 9.79. The molecule has 1 saturated carbocycles. The van der Waals surface area contributed by atoms with Gasteiger partial charge < -0.3 is 34.3 Å². The van der Waals surface area contributed by atoms with Gasteiger partial charge in [-0.15, -0.1) is 0 Å². The summed E-state index contributed by atoms with van der Waals surface area (Å²) in [7, 11) is 1.53. The Labute approximate surface area is 208 Å². The van der Waals surface area contributed by atoms with E-state index in [2.05, 4.69) is 14.4 Å². The number of carboxylic acid groups (broad SMARTS) is 1. The lowest BCUT2D eigenvalue weighted by atomic mass is 9.81. The summed E-state index contributed by atoms with van der Waals surface area (Å²) in [5, 5.41) is 30.1. The topological polar surface area (TPSA) is 121 Å². The standard InChI is InChI=1S/C26H30N4O6/c1-35-22-12-15(26(33)34)11-20-24(22)27-23(30(20)13-16-7-10-36-16)14-28-8-9-29(18-6-5-17(18)28)19-3-2-4-21(31)25(19)32/h2-4,11-12,16-18,31-32H,5-10,13-14H2,1H3,(H,33,34). The number of hydrogen-bond acceptors (Lipinski definition) is 8. The average molecular weight is 495 g/mol. The molecule has 1 aromatic heterocycles. The van der Waals surface area contributed by atoms with Gasteiger partial charge in [0.05, 0.1) is 43.1 Å². The number of para-hydroxylation sites is 1. The lowest BCUT2D eigenvalue weighted by Crippen LogP contribution is -2.64. The van der Waals surface area contributed by atoms with Gasteiger partial charge in [0.25, 0.3) is 0 Å². The highest BCUT2D eigenvalue weighted by Gasteiger charge is 2.44. The van der Waals surface area contributed by atoms with Gasteiger partial charge in [-0.3, -0.25) is 4.90 Å². The van der Waals surface area contributed by atoms with E-state index in [9.17, 15) is 20.1 Å². The number of imidazole rings is 1. The van der Waals surface area contributed by atoms with E-state index in [-0.39, 0.29) is 29.2 Å². The van der Waals surface area contributed by atoms with Crippen molar-refractivity contribution in [2.24, 2.45) is 0 Å². The molecule has 3 heterocycles. The molecule has 0 radical (unpaired) electrons. The molecule has 3 fully saturated rings. The minimum Gasteiger partial charge on any atom is -0.504 e. The number of aromatic hydroxyl groups is 2. The van der Waals surface area contributed by atoms with Crippen LogP contribution >= 0.6 is 0 Å². The average Bonchev–Trinajstić information content (AvgIpc) is 3.15. The second-order valence-corrected chi connectivity index (χ2v) is 9.79. The molecular formula is C26H30N4O6. The quantitative estimate of drug-likeness (QED) is 0.426. The predicted octanol–water partition coefficient (Wildman–Crippen LogP) is 2.80. The van der Waals surface area contributed by atoms with Crippen molar-refractivity contribution in [3.63, 3.8) is 0 Å². The number of nitrogens with zero attached hydrogens (tertiary/aromatic N) is 4. The van der Waals surface area contributed by atoms with Crippen LogP contribution in [0.5, 0.6) is 17.2 Å². The van der Waals surface area contributed by atoms with Gasteiger partial charge >= 0.3 is 5.97 Å². The van der Waals surface area contributed by atoms with Crippen molar-refractivity contribution in [2.45, 2.75) is 50.5 Å². The lowest BCUT2D eigenvalue weighted by Gasteiger charge is -2.54. The molecule has 190 valence electrons. The molecule has 36 heavy (non-hydrogen) atoms. The Morgan fingerprint density at radius 1 is 1.17 bits per heavy atom. The fraction of sp³-hybridized carbons (Fsp3) is 0.462. The number of carboxylic acids is 1. The first-order valence-electron chi connectivity index (χ1n) is 12.4. The molecule has 3 aromatic rings. The highest BCUT2D eigenvalue weighted by molar-refractivity contribution is 5.95. The van der Waals surface area contributed by atoms with Crippen LogP contribution in [-0.2, 0) is 17.8 Å². The number of phenolic OH excluding ortho intramolecular Hbond substituents is 2. The maximum atomic E-state index is 11.8. The fourth-order valence-corrected chi connectivity index (χ4v) is 5.73. The number of hydrogen-bond donors (Lipinski definition) is 3. The Kier molecular flexibility index (Phi) is 5.65. The van der Waals surface area contributed by atoms with Crippen LogP contribution < -0.4 is 9.64 Å². The number of phenols is 2. The van der Waals surface area contributed by atoms with Crippen LogP contribution in [0.15, 0.2) is 30.3 Å². The predicted molar refractivity (Wildman–Crippen MR) is 132 cm³/mol. The normalized spacial score (nSPS) is 23.7. The molecule has 2 aromatic carbocycles. The number of ether oxygens (including phenoxy) is 2. The first-order chi connectivity index (χ1) is 17.4. The molecule has 10 nitrogen and oxygen atoms in total. The van der Waals surface area contributed by atoms with Gasteiger partial charge in [-0.05, 0) is 43.5 Å². The summed E-state index contributed by atoms with van der Waals surface area (Å²) in [6, 6.07) is 8.84. The minimum absolute atomic E-state index is 0.0692. The zero-order valence-corrected chi connectivity index (χ0v) is 20.1. The van der Waals surface area contributed by atoms with Crippen LogP contribution in [0.1, 0.15) is 35.4 Å². The number of methoxy groups -OCH3 is 1. The summed E-state index contributed by atoms with van der Waals surface area (Å²) in [4.78, 5) is 21.3. The molecule has 6 rings (SSSR count). The number of fused-ring (bicyclic) bond motifs is 2. The summed E-state index contributed by atoms with van der Waals surface area (Å²) < 4.78 is 13.3. The van der Waals surface area contributed by atoms with Crippen molar-refractivity contribution in [3.05, 3.63) is 41.7 Å². The first kappa shape index (κ1) is 22.9. The monoisotopic (exact) mass is 494 g/mol. The Morgan fingerprint density at radius 2 is 1.97 bits per heavy atom. The fourth-order valence-electron chi connectivity index (χ4n) is 5.73. The van der Waals surface area contributed by atoms with Gasteiger partial charge in [-0.25, -0.2) is 9.78 Å². The molecule has 2 aliphatic heterocycles. The van der Waals surface area contributed by atoms with Gasteiger partial charge in [0.2, 0.25) is 0 Å². The summed E-state index contributed by atoms with van der Waals surface area (Å²) in [5.74, 6) is 0.131. The van der Waals surface area contributed by atoms with E-state index in [1.807, 2.05) is 6.07 Å². The zero-order chi connectivity index (χ0) is 25.0. The van der Waals surface area contributed by atoms with E-state index >= 15 is 0 Å². The number of rotatable bonds is 7. The van der Waals surface area contributed by atoms with Crippen molar-refractivity contribution >= 4 is 22.7 Å². The summed E-state index contributed by atoms with van der Waals surface area (Å²) in [6.45, 7) is 3.47. The van der Waals surface area contributed by atoms with Crippen molar-refractivity contribution in [3.8, 4) is 17.2 Å². The van der Waals surface area contributed by atoms with Crippen molar-refractivity contribution in [1.29, 1.82) is 0 Å². The zero-order valence-electron chi connectivity index (χ0n) is 20.1. The van der Waals surface area contributed by atoms with Crippen molar-refractivity contribution in [1.82, 2.24) is 14.5 Å². The highest BCUT2D eigenvalue weighted by atomic mass is 16.5. The van der Waals surface area contributed by atoms with Gasteiger partial charge in [0.15, 0.2) is 11.5 Å². The van der Waals surface area contributed by atoms with E-state index < -0.39 is 5.97 Å². The Balaban J connectivity index is 1.32. The Bertz CT molecular complexity index is 1320. The third-order valence-corrected chi connectivity index (χ3v) is 7.89. The lowest BCUT2D eigenvalue weighted by molar-refractivity contribution is -0.0594. The SMILES string of the molecule is COc1cc(C(=O)O)cc2c1nc(CN1CCN(c3cccc(O)c3O)C3CCC31)n2CC1CCO1. The summed E-state index contributed by atoms with van der Waals surface area (Å²) >= 11 is 0. The van der Waals surface area contributed by atoms with Crippen LogP contribution in [0.2, 0.25) is 0 Å². The Morgan fingerprint density at radius 3 is 2.64 bits per heavy atom. The maximum absolute atomic E-state index is 11.8. The van der Waals surface area contributed by atoms with E-state index in [0.29, 0.717) is 36.1 Å². The van der Waals surface area contributed by atoms with Crippen molar-refractivity contribution < 1.29 is 29.6 Å². The third-order valence-electron chi connectivity index (χ3n) is 7.89. The molecule has 3 unspecified atom stereocenters. The van der Waals surface area contributed by atoms with Gasteiger partial charge in [0.1, 0.15) is 17.1 Å². The molecular weight excluding hydrogens is 464 g/mol. The van der Waals surface area contributed by atoms with Crippen LogP contribution in [0, 0.1) is 0 Å². The second kappa shape index (κ2) is 8.86. The number of benzene rings is 2. The number of anilines is 1. The molecule has 3 aliphatic rings. The largest absolute Gasteiger partial charge is 0.504 e. The number of piperazine rings is 1. The Hall–Kier alpha value is -3.50. The van der Waals surface area contributed by atoms with E-state index in [1.165, 1.54) is 19.2 Å². The van der Waals surface area contributed by atoms with Gasteiger partial charge in [0, 0.05) is 31.8 Å². The molecule has 3 atom stereocenters. The van der Waals surface area contributed by atoms with E-state index in [1.54, 1.807) is 12.1 Å². The van der Waals surface area contributed by atoms with Crippen LogP contribution in [0.3, 0.4) is 0 Å². The number of aromatic nitrogens is 2. The van der Waals surface area contributed by atoms with Crippen LogP contribution in [0.4, 0.5) is 5.69 Å². The van der Waals surface area contributed by atoms with Gasteiger partial charge in [-0.1, -0.05) is 6.07 Å². The van der Waals surface area contributed by atoms with Gasteiger partial charge in [-0.2, -0.15) is 0 Å². The number of carbonyl (C=O) groups is 1. The summed E-state index contributed by atoms with van der Waals surface area (Å²) in [5.41, 5.74) is 2.24. The molecule has 3 N–H and O–H groups in total.